The first kappa shape index (κ1) is 12.7. The zero-order valence-corrected chi connectivity index (χ0v) is 9.50. The van der Waals surface area contributed by atoms with Gasteiger partial charge in [-0.25, -0.2) is 9.59 Å². The smallest absolute Gasteiger partial charge is 0.346 e. The van der Waals surface area contributed by atoms with E-state index in [1.807, 2.05) is 0 Å². The van der Waals surface area contributed by atoms with Crippen molar-refractivity contribution in [2.45, 2.75) is 12.8 Å². The van der Waals surface area contributed by atoms with Crippen LogP contribution in [0.15, 0.2) is 26.1 Å². The molecule has 2 aromatic heterocycles. The van der Waals surface area contributed by atoms with Crippen molar-refractivity contribution in [2.75, 3.05) is 0 Å². The van der Waals surface area contributed by atoms with E-state index in [1.54, 1.807) is 0 Å². The molecule has 0 spiro atoms. The van der Waals surface area contributed by atoms with E-state index in [4.69, 9.17) is 10.2 Å². The number of fused-ring (bicyclic) bond motifs is 4. The molecule has 0 fully saturated rings. The molecule has 7 nitrogen and oxygen atoms in total. The molecule has 0 saturated carbocycles. The van der Waals surface area contributed by atoms with Crippen molar-refractivity contribution in [3.8, 4) is 0 Å². The van der Waals surface area contributed by atoms with Crippen LogP contribution in [0.25, 0.3) is 10.8 Å². The minimum Gasteiger partial charge on any atom is -0.481 e. The number of carboxylic acids is 2. The molecule has 7 heteroatoms. The van der Waals surface area contributed by atoms with E-state index in [1.165, 1.54) is 12.1 Å². The van der Waals surface area contributed by atoms with Crippen molar-refractivity contribution in [1.29, 1.82) is 0 Å². The minimum atomic E-state index is -1.17. The van der Waals surface area contributed by atoms with Gasteiger partial charge in [-0.2, -0.15) is 0 Å². The van der Waals surface area contributed by atoms with E-state index in [0.717, 1.165) is 0 Å². The highest BCUT2D eigenvalue weighted by molar-refractivity contribution is 5.82. The summed E-state index contributed by atoms with van der Waals surface area (Å²) in [5.74, 6) is -2.33. The maximum atomic E-state index is 11.6. The first-order chi connectivity index (χ1) is 8.88. The Labute approximate surface area is 105 Å². The molecule has 2 bridgehead atoms. The van der Waals surface area contributed by atoms with Crippen LogP contribution >= 0.6 is 0 Å². The summed E-state index contributed by atoms with van der Waals surface area (Å²) >= 11 is 0. The molecule has 0 saturated heterocycles. The minimum absolute atomic E-state index is 0.0896. The van der Waals surface area contributed by atoms with E-state index < -0.39 is 36.0 Å². The lowest BCUT2D eigenvalue weighted by Crippen LogP contribution is -2.07. The summed E-state index contributed by atoms with van der Waals surface area (Å²) in [6, 6.07) is 2.41. The third-order valence-electron chi connectivity index (χ3n) is 2.64. The van der Waals surface area contributed by atoms with Crippen molar-refractivity contribution in [3.05, 3.63) is 44.1 Å². The van der Waals surface area contributed by atoms with Gasteiger partial charge in [-0.05, 0) is 23.3 Å². The van der Waals surface area contributed by atoms with Gasteiger partial charge in [0.1, 0.15) is 0 Å². The van der Waals surface area contributed by atoms with Gasteiger partial charge in [0.15, 0.2) is 0 Å². The SMILES string of the molecule is O=C(O)Cc1cc2c(CC(=O)O)cc1c(=O)oc2=O. The Kier molecular flexibility index (Phi) is 3.04. The fourth-order valence-corrected chi connectivity index (χ4v) is 1.88. The Bertz CT molecular complexity index is 707. The van der Waals surface area contributed by atoms with Gasteiger partial charge in [-0.1, -0.05) is 0 Å². The van der Waals surface area contributed by atoms with Crippen molar-refractivity contribution in [1.82, 2.24) is 0 Å². The van der Waals surface area contributed by atoms with Gasteiger partial charge in [0.05, 0.1) is 23.6 Å². The highest BCUT2D eigenvalue weighted by Gasteiger charge is 2.16. The molecule has 3 rings (SSSR count). The maximum Gasteiger partial charge on any atom is 0.346 e. The second-order valence-electron chi connectivity index (χ2n) is 3.98. The van der Waals surface area contributed by atoms with Crippen LogP contribution < -0.4 is 11.3 Å². The van der Waals surface area contributed by atoms with Gasteiger partial charge < -0.3 is 14.6 Å². The predicted octanol–water partition coefficient (Wildman–Crippen LogP) is -0.155. The summed E-state index contributed by atoms with van der Waals surface area (Å²) in [6.45, 7) is 0. The molecule has 98 valence electrons. The summed E-state index contributed by atoms with van der Waals surface area (Å²) in [4.78, 5) is 44.5. The Morgan fingerprint density at radius 3 is 1.58 bits per heavy atom. The molecule has 2 heterocycles. The van der Waals surface area contributed by atoms with Crippen molar-refractivity contribution in [2.24, 2.45) is 0 Å². The highest BCUT2D eigenvalue weighted by Crippen LogP contribution is 2.17. The Morgan fingerprint density at radius 2 is 1.26 bits per heavy atom. The normalized spacial score (nSPS) is 10.7. The standard InChI is InChI=1S/C12H8O7/c13-9(14)3-5-1-7-6(4-10(15)16)2-8(5)12(18)19-11(7)17/h1-2H,3-4H2,(H,13,14)(H,15,16). The second kappa shape index (κ2) is 4.52. The summed E-state index contributed by atoms with van der Waals surface area (Å²) in [6.07, 6.45) is -0.893. The van der Waals surface area contributed by atoms with Crippen LogP contribution in [0.4, 0.5) is 0 Å². The van der Waals surface area contributed by atoms with Gasteiger partial charge in [0.25, 0.3) is 0 Å². The zero-order chi connectivity index (χ0) is 14.2. The molecule has 0 atom stereocenters. The molecular formula is C12H8O7. The van der Waals surface area contributed by atoms with E-state index in [2.05, 4.69) is 4.42 Å². The number of carboxylic acid groups (broad SMARTS) is 2. The zero-order valence-electron chi connectivity index (χ0n) is 9.50. The molecule has 19 heavy (non-hydrogen) atoms. The summed E-state index contributed by atoms with van der Waals surface area (Å²) in [5, 5.41) is 17.3. The van der Waals surface area contributed by atoms with Crippen LogP contribution in [0.3, 0.4) is 0 Å². The Balaban J connectivity index is 2.79. The van der Waals surface area contributed by atoms with E-state index in [9.17, 15) is 19.2 Å². The molecule has 0 aliphatic heterocycles. The molecule has 0 amide bonds. The lowest BCUT2D eigenvalue weighted by Gasteiger charge is -2.02. The number of hydrogen-bond acceptors (Lipinski definition) is 5. The molecular weight excluding hydrogens is 256 g/mol. The van der Waals surface area contributed by atoms with Crippen molar-refractivity contribution >= 4 is 22.7 Å². The average Bonchev–Trinajstić information content (AvgIpc) is 2.44. The summed E-state index contributed by atoms with van der Waals surface area (Å²) < 4.78 is 4.48. The molecule has 0 aliphatic rings. The van der Waals surface area contributed by atoms with Gasteiger partial charge in [0.2, 0.25) is 0 Å². The van der Waals surface area contributed by atoms with Crippen molar-refractivity contribution in [3.63, 3.8) is 0 Å². The van der Waals surface area contributed by atoms with Gasteiger partial charge in [0, 0.05) is 0 Å². The summed E-state index contributed by atoms with van der Waals surface area (Å²) in [5.41, 5.74) is -1.67. The fraction of sp³-hybridized carbons (Fsp3) is 0.167. The quantitative estimate of drug-likeness (QED) is 0.786. The number of aliphatic carboxylic acids is 2. The van der Waals surface area contributed by atoms with Gasteiger partial charge >= 0.3 is 23.2 Å². The molecule has 3 aromatic rings. The summed E-state index contributed by atoms with van der Waals surface area (Å²) in [7, 11) is 0. The molecule has 0 radical (unpaired) electrons. The van der Waals surface area contributed by atoms with E-state index >= 15 is 0 Å². The molecule has 0 aliphatic carbocycles. The maximum absolute atomic E-state index is 11.6. The number of rotatable bonds is 4. The topological polar surface area (TPSA) is 122 Å². The second-order valence-corrected chi connectivity index (χ2v) is 3.98. The Morgan fingerprint density at radius 1 is 0.895 bits per heavy atom. The first-order valence-electron chi connectivity index (χ1n) is 5.24. The monoisotopic (exact) mass is 264 g/mol. The van der Waals surface area contributed by atoms with E-state index in [-0.39, 0.29) is 21.9 Å². The van der Waals surface area contributed by atoms with Crippen LogP contribution in [-0.4, -0.2) is 22.2 Å². The van der Waals surface area contributed by atoms with Crippen LogP contribution in [0, 0.1) is 0 Å². The van der Waals surface area contributed by atoms with Crippen molar-refractivity contribution < 1.29 is 24.2 Å². The molecule has 2 N–H and O–H groups in total. The van der Waals surface area contributed by atoms with Crippen LogP contribution in [0.5, 0.6) is 0 Å². The average molecular weight is 264 g/mol. The first-order valence-corrected chi connectivity index (χ1v) is 5.24. The predicted molar refractivity (Wildman–Crippen MR) is 62.6 cm³/mol. The van der Waals surface area contributed by atoms with E-state index in [0.29, 0.717) is 0 Å². The number of carbonyl (C=O) groups is 2. The Hall–Kier alpha value is -2.70. The largest absolute Gasteiger partial charge is 0.481 e. The lowest BCUT2D eigenvalue weighted by molar-refractivity contribution is -0.137. The lowest BCUT2D eigenvalue weighted by atomic mass is 10.0. The molecule has 1 aromatic carbocycles. The third-order valence-corrected chi connectivity index (χ3v) is 2.64. The number of benzene rings is 1. The van der Waals surface area contributed by atoms with Gasteiger partial charge in [-0.15, -0.1) is 0 Å². The number of hydrogen-bond donors (Lipinski definition) is 2. The van der Waals surface area contributed by atoms with Crippen LogP contribution in [0.1, 0.15) is 11.1 Å². The van der Waals surface area contributed by atoms with Crippen LogP contribution in [0.2, 0.25) is 0 Å². The highest BCUT2D eigenvalue weighted by atomic mass is 16.4. The van der Waals surface area contributed by atoms with Gasteiger partial charge in [-0.3, -0.25) is 9.59 Å². The molecule has 0 unspecified atom stereocenters. The third kappa shape index (κ3) is 2.44. The fourth-order valence-electron chi connectivity index (χ4n) is 1.88. The van der Waals surface area contributed by atoms with Crippen LogP contribution in [-0.2, 0) is 22.4 Å².